The molecule has 1 aliphatic heterocycles. The lowest BCUT2D eigenvalue weighted by atomic mass is 10.4. The minimum Gasteiger partial charge on any atom is -0.381 e. The normalized spacial score (nSPS) is 20.5. The van der Waals surface area contributed by atoms with Crippen LogP contribution in [-0.2, 0) is 13.6 Å². The van der Waals surface area contributed by atoms with Crippen molar-refractivity contribution in [2.24, 2.45) is 0 Å². The number of aliphatic hydroxyl groups is 1. The zero-order chi connectivity index (χ0) is 8.10. The summed E-state index contributed by atoms with van der Waals surface area (Å²) >= 11 is 0. The predicted octanol–water partition coefficient (Wildman–Crippen LogP) is 0.618. The van der Waals surface area contributed by atoms with E-state index in [0.717, 1.165) is 0 Å². The Labute approximate surface area is 66.5 Å². The first-order chi connectivity index (χ1) is 5.29. The van der Waals surface area contributed by atoms with Crippen molar-refractivity contribution in [3.8, 4) is 12.0 Å². The smallest absolute Gasteiger partial charge is 0.381 e. The first kappa shape index (κ1) is 8.76. The molecule has 0 spiro atoms. The summed E-state index contributed by atoms with van der Waals surface area (Å²) in [6, 6.07) is 0. The van der Waals surface area contributed by atoms with Gasteiger partial charge in [-0.25, -0.2) is 0 Å². The van der Waals surface area contributed by atoms with Crippen LogP contribution in [0.2, 0.25) is 0 Å². The number of hydrogen-bond acceptors (Lipinski definition) is 4. The predicted molar refractivity (Wildman–Crippen MR) is 39.4 cm³/mol. The van der Waals surface area contributed by atoms with E-state index in [0.29, 0.717) is 13.2 Å². The van der Waals surface area contributed by atoms with Gasteiger partial charge in [0.05, 0.1) is 13.2 Å². The van der Waals surface area contributed by atoms with Crippen molar-refractivity contribution in [3.63, 3.8) is 0 Å². The molecule has 1 heterocycles. The fraction of sp³-hybridized carbons (Fsp3) is 0.667. The molecule has 0 amide bonds. The van der Waals surface area contributed by atoms with Gasteiger partial charge >= 0.3 is 8.60 Å². The first-order valence-corrected chi connectivity index (χ1v) is 4.30. The van der Waals surface area contributed by atoms with Gasteiger partial charge in [0.2, 0.25) is 0 Å². The summed E-state index contributed by atoms with van der Waals surface area (Å²) in [5, 5.41) is 8.70. The molecular weight excluding hydrogens is 167 g/mol. The lowest BCUT2D eigenvalue weighted by Gasteiger charge is -2.00. The summed E-state index contributed by atoms with van der Waals surface area (Å²) in [5.74, 6) is 2.41. The molecule has 0 bridgehead atoms. The van der Waals surface area contributed by atoms with Crippen LogP contribution in [0.5, 0.6) is 0 Å². The van der Waals surface area contributed by atoms with Gasteiger partial charge in [0.25, 0.3) is 0 Å². The molecule has 1 N–H and O–H groups in total. The van der Waals surface area contributed by atoms with Crippen LogP contribution in [0.1, 0.15) is 6.92 Å². The number of rotatable bonds is 1. The molecule has 4 nitrogen and oxygen atoms in total. The largest absolute Gasteiger partial charge is 0.406 e. The minimum absolute atomic E-state index is 0.558. The van der Waals surface area contributed by atoms with Crippen molar-refractivity contribution in [3.05, 3.63) is 0 Å². The molecule has 1 saturated heterocycles. The van der Waals surface area contributed by atoms with Gasteiger partial charge < -0.3 is 9.63 Å². The molecule has 11 heavy (non-hydrogen) atoms. The molecule has 1 atom stereocenters. The third kappa shape index (κ3) is 3.54. The van der Waals surface area contributed by atoms with Crippen LogP contribution < -0.4 is 0 Å². The van der Waals surface area contributed by atoms with Crippen LogP contribution in [-0.4, -0.2) is 24.4 Å². The maximum Gasteiger partial charge on any atom is 0.406 e. The van der Waals surface area contributed by atoms with E-state index >= 15 is 0 Å². The molecule has 1 unspecified atom stereocenters. The van der Waals surface area contributed by atoms with Gasteiger partial charge in [-0.3, -0.25) is 9.05 Å². The van der Waals surface area contributed by atoms with Crippen LogP contribution >= 0.6 is 8.60 Å². The standard InChI is InChI=1S/C6H9O4P/c1-6(7)2-3-8-11-9-4-5-10-11/h6-7H,4-5H2,1H3. The Morgan fingerprint density at radius 1 is 1.55 bits per heavy atom. The molecule has 0 aromatic rings. The molecule has 1 fully saturated rings. The van der Waals surface area contributed by atoms with Crippen LogP contribution in [0.25, 0.3) is 0 Å². The van der Waals surface area contributed by atoms with Crippen molar-refractivity contribution in [1.82, 2.24) is 0 Å². The van der Waals surface area contributed by atoms with Gasteiger partial charge in [-0.15, -0.1) is 0 Å². The van der Waals surface area contributed by atoms with E-state index in [2.05, 4.69) is 12.0 Å². The Balaban J connectivity index is 2.16. The molecule has 0 aromatic heterocycles. The van der Waals surface area contributed by atoms with E-state index in [1.165, 1.54) is 0 Å². The Morgan fingerprint density at radius 2 is 2.18 bits per heavy atom. The van der Waals surface area contributed by atoms with Gasteiger partial charge in [0, 0.05) is 0 Å². The molecule has 0 saturated carbocycles. The molecule has 1 rings (SSSR count). The minimum atomic E-state index is -1.26. The van der Waals surface area contributed by atoms with Gasteiger partial charge in [0.1, 0.15) is 12.2 Å². The Hall–Kier alpha value is -0.330. The summed E-state index contributed by atoms with van der Waals surface area (Å²) in [6.07, 6.45) is 1.63. The van der Waals surface area contributed by atoms with Crippen molar-refractivity contribution in [1.29, 1.82) is 0 Å². The Morgan fingerprint density at radius 3 is 2.73 bits per heavy atom. The maximum atomic E-state index is 8.70. The van der Waals surface area contributed by atoms with Crippen LogP contribution in [0.3, 0.4) is 0 Å². The quantitative estimate of drug-likeness (QED) is 0.470. The topological polar surface area (TPSA) is 47.9 Å². The van der Waals surface area contributed by atoms with Gasteiger partial charge in [-0.2, -0.15) is 0 Å². The summed E-state index contributed by atoms with van der Waals surface area (Å²) in [4.78, 5) is 0. The van der Waals surface area contributed by atoms with E-state index in [1.54, 1.807) is 6.92 Å². The SMILES string of the molecule is CC(O)C#COP1OCCO1. The molecule has 0 radical (unpaired) electrons. The van der Waals surface area contributed by atoms with Crippen LogP contribution in [0.15, 0.2) is 0 Å². The fourth-order valence-corrected chi connectivity index (χ4v) is 1.22. The second-order valence-corrected chi connectivity index (χ2v) is 3.05. The van der Waals surface area contributed by atoms with Gasteiger partial charge in [0.15, 0.2) is 0 Å². The van der Waals surface area contributed by atoms with Crippen LogP contribution in [0.4, 0.5) is 0 Å². The molecule has 62 valence electrons. The third-order valence-corrected chi connectivity index (χ3v) is 1.89. The summed E-state index contributed by atoms with van der Waals surface area (Å²) in [6.45, 7) is 2.67. The lowest BCUT2D eigenvalue weighted by molar-refractivity contribution is 0.252. The Kier molecular flexibility index (Phi) is 3.61. The van der Waals surface area contributed by atoms with Crippen molar-refractivity contribution in [2.45, 2.75) is 13.0 Å². The number of hydrogen-bond donors (Lipinski definition) is 1. The highest BCUT2D eigenvalue weighted by atomic mass is 31.2. The molecule has 0 aromatic carbocycles. The average Bonchev–Trinajstić information content (AvgIpc) is 2.39. The molecule has 5 heteroatoms. The van der Waals surface area contributed by atoms with Crippen molar-refractivity contribution in [2.75, 3.05) is 13.2 Å². The molecule has 0 aliphatic carbocycles. The van der Waals surface area contributed by atoms with E-state index in [4.69, 9.17) is 18.7 Å². The number of aliphatic hydroxyl groups excluding tert-OH is 1. The highest BCUT2D eigenvalue weighted by molar-refractivity contribution is 7.42. The third-order valence-electron chi connectivity index (χ3n) is 0.865. The van der Waals surface area contributed by atoms with Gasteiger partial charge in [-0.1, -0.05) is 0 Å². The van der Waals surface area contributed by atoms with Crippen molar-refractivity contribution < 1.29 is 18.7 Å². The fourth-order valence-electron chi connectivity index (χ4n) is 0.462. The first-order valence-electron chi connectivity index (χ1n) is 3.20. The van der Waals surface area contributed by atoms with Gasteiger partial charge in [-0.05, 0) is 12.8 Å². The second kappa shape index (κ2) is 4.53. The molecule has 1 aliphatic rings. The maximum absolute atomic E-state index is 8.70. The summed E-state index contributed by atoms with van der Waals surface area (Å²) in [7, 11) is -1.26. The van der Waals surface area contributed by atoms with Crippen molar-refractivity contribution >= 4 is 8.60 Å². The van der Waals surface area contributed by atoms with E-state index in [1.807, 2.05) is 0 Å². The second-order valence-electron chi connectivity index (χ2n) is 1.90. The monoisotopic (exact) mass is 176 g/mol. The van der Waals surface area contributed by atoms with E-state index in [9.17, 15) is 0 Å². The highest BCUT2D eigenvalue weighted by Crippen LogP contribution is 2.42. The summed E-state index contributed by atoms with van der Waals surface area (Å²) < 4.78 is 14.8. The van der Waals surface area contributed by atoms with E-state index in [-0.39, 0.29) is 0 Å². The lowest BCUT2D eigenvalue weighted by Crippen LogP contribution is -1.92. The highest BCUT2D eigenvalue weighted by Gasteiger charge is 2.18. The van der Waals surface area contributed by atoms with E-state index < -0.39 is 14.7 Å². The average molecular weight is 176 g/mol. The Bertz CT molecular complexity index is 165. The van der Waals surface area contributed by atoms with Crippen LogP contribution in [0, 0.1) is 12.0 Å². The zero-order valence-corrected chi connectivity index (χ0v) is 7.01. The zero-order valence-electron chi connectivity index (χ0n) is 6.11. The summed E-state index contributed by atoms with van der Waals surface area (Å²) in [5.41, 5.74) is 0. The molecular formula is C6H9O4P.